The number of carbonyl (C=O) groups excluding carboxylic acids is 1. The molecular weight excluding hydrogens is 318 g/mol. The van der Waals surface area contributed by atoms with Gasteiger partial charge in [-0.25, -0.2) is 4.98 Å². The van der Waals surface area contributed by atoms with Gasteiger partial charge in [-0.05, 0) is 17.9 Å². The van der Waals surface area contributed by atoms with Crippen molar-refractivity contribution in [1.29, 1.82) is 0 Å². The Hall–Kier alpha value is -2.18. The van der Waals surface area contributed by atoms with Crippen molar-refractivity contribution in [3.05, 3.63) is 54.2 Å². The highest BCUT2D eigenvalue weighted by molar-refractivity contribution is 5.92. The molecule has 6 heteroatoms. The van der Waals surface area contributed by atoms with Crippen LogP contribution in [0.15, 0.2) is 47.4 Å². The molecule has 2 atom stereocenters. The fourth-order valence-corrected chi connectivity index (χ4v) is 4.34. The van der Waals surface area contributed by atoms with Gasteiger partial charge in [0.05, 0.1) is 6.61 Å². The Kier molecular flexibility index (Phi) is 4.31. The first kappa shape index (κ1) is 16.3. The lowest BCUT2D eigenvalue weighted by atomic mass is 9.74. The van der Waals surface area contributed by atoms with Crippen molar-refractivity contribution in [1.82, 2.24) is 14.8 Å². The van der Waals surface area contributed by atoms with Crippen LogP contribution in [0.3, 0.4) is 0 Å². The summed E-state index contributed by atoms with van der Waals surface area (Å²) in [5.74, 6) is 0.309. The molecule has 1 aromatic heterocycles. The van der Waals surface area contributed by atoms with Crippen molar-refractivity contribution in [2.45, 2.75) is 13.0 Å². The molecule has 2 fully saturated rings. The summed E-state index contributed by atoms with van der Waals surface area (Å²) < 4.78 is 4.93. The summed E-state index contributed by atoms with van der Waals surface area (Å²) in [6.45, 7) is 4.05. The lowest BCUT2D eigenvalue weighted by Gasteiger charge is -2.43. The summed E-state index contributed by atoms with van der Waals surface area (Å²) in [5, 5.41) is 10.2. The minimum atomic E-state index is -0.244. The minimum absolute atomic E-state index is 0.103. The monoisotopic (exact) mass is 341 g/mol. The van der Waals surface area contributed by atoms with Crippen LogP contribution in [-0.2, 0) is 6.54 Å². The van der Waals surface area contributed by atoms with Gasteiger partial charge in [0.2, 0.25) is 0 Å². The maximum absolute atomic E-state index is 12.6. The SMILES string of the molecule is O=C(c1cocn1)N1CCC2CN(Cc3ccccc3)CC2(CO)C1. The molecule has 0 spiro atoms. The fraction of sp³-hybridized carbons (Fsp3) is 0.474. The fourth-order valence-electron chi connectivity index (χ4n) is 4.34. The molecule has 6 nitrogen and oxygen atoms in total. The van der Waals surface area contributed by atoms with E-state index in [4.69, 9.17) is 4.42 Å². The van der Waals surface area contributed by atoms with Gasteiger partial charge in [-0.15, -0.1) is 0 Å². The van der Waals surface area contributed by atoms with Crippen molar-refractivity contribution >= 4 is 5.91 Å². The molecule has 0 aliphatic carbocycles. The van der Waals surface area contributed by atoms with Gasteiger partial charge in [0.25, 0.3) is 5.91 Å². The number of aliphatic hydroxyl groups excluding tert-OH is 1. The number of hydrogen-bond acceptors (Lipinski definition) is 5. The molecule has 3 heterocycles. The molecule has 2 aliphatic rings. The molecule has 2 aromatic rings. The second-order valence-corrected chi connectivity index (χ2v) is 7.26. The molecule has 2 unspecified atom stereocenters. The Labute approximate surface area is 147 Å². The summed E-state index contributed by atoms with van der Waals surface area (Å²) in [7, 11) is 0. The van der Waals surface area contributed by atoms with E-state index >= 15 is 0 Å². The Morgan fingerprint density at radius 1 is 1.32 bits per heavy atom. The van der Waals surface area contributed by atoms with Gasteiger partial charge in [-0.2, -0.15) is 0 Å². The molecule has 1 aromatic carbocycles. The third-order valence-electron chi connectivity index (χ3n) is 5.64. The highest BCUT2D eigenvalue weighted by Crippen LogP contribution is 2.42. The van der Waals surface area contributed by atoms with Crippen molar-refractivity contribution in [2.24, 2.45) is 11.3 Å². The highest BCUT2D eigenvalue weighted by atomic mass is 16.3. The Morgan fingerprint density at radius 3 is 2.88 bits per heavy atom. The third-order valence-corrected chi connectivity index (χ3v) is 5.64. The third kappa shape index (κ3) is 3.07. The molecule has 25 heavy (non-hydrogen) atoms. The van der Waals surface area contributed by atoms with Gasteiger partial charge in [0, 0.05) is 38.1 Å². The Balaban J connectivity index is 1.48. The predicted molar refractivity (Wildman–Crippen MR) is 91.8 cm³/mol. The van der Waals surface area contributed by atoms with Crippen LogP contribution in [0.2, 0.25) is 0 Å². The van der Waals surface area contributed by atoms with Crippen LogP contribution in [0.5, 0.6) is 0 Å². The van der Waals surface area contributed by atoms with E-state index in [1.165, 1.54) is 18.2 Å². The van der Waals surface area contributed by atoms with E-state index in [9.17, 15) is 9.90 Å². The quantitative estimate of drug-likeness (QED) is 0.915. The van der Waals surface area contributed by atoms with Crippen LogP contribution in [0, 0.1) is 11.3 Å². The lowest BCUT2D eigenvalue weighted by molar-refractivity contribution is 0.0114. The minimum Gasteiger partial charge on any atom is -0.451 e. The first-order chi connectivity index (χ1) is 12.2. The van der Waals surface area contributed by atoms with Crippen molar-refractivity contribution in [2.75, 3.05) is 32.8 Å². The number of nitrogens with zero attached hydrogens (tertiary/aromatic N) is 3. The zero-order valence-corrected chi connectivity index (χ0v) is 14.2. The zero-order chi connectivity index (χ0) is 17.3. The van der Waals surface area contributed by atoms with Gasteiger partial charge in [-0.3, -0.25) is 9.69 Å². The van der Waals surface area contributed by atoms with E-state index < -0.39 is 0 Å². The summed E-state index contributed by atoms with van der Waals surface area (Å²) in [4.78, 5) is 20.8. The molecule has 2 aliphatic heterocycles. The summed E-state index contributed by atoms with van der Waals surface area (Å²) >= 11 is 0. The number of likely N-dealkylation sites (tertiary alicyclic amines) is 2. The van der Waals surface area contributed by atoms with E-state index in [0.29, 0.717) is 24.7 Å². The van der Waals surface area contributed by atoms with Crippen LogP contribution in [0.1, 0.15) is 22.5 Å². The molecule has 0 bridgehead atoms. The van der Waals surface area contributed by atoms with Gasteiger partial charge < -0.3 is 14.4 Å². The van der Waals surface area contributed by atoms with Crippen molar-refractivity contribution in [3.8, 4) is 0 Å². The van der Waals surface area contributed by atoms with Crippen LogP contribution in [0.25, 0.3) is 0 Å². The Bertz CT molecular complexity index is 719. The Morgan fingerprint density at radius 2 is 2.16 bits per heavy atom. The number of benzene rings is 1. The second kappa shape index (κ2) is 6.61. The van der Waals surface area contributed by atoms with Gasteiger partial charge >= 0.3 is 0 Å². The van der Waals surface area contributed by atoms with Gasteiger partial charge in [0.1, 0.15) is 6.26 Å². The maximum Gasteiger partial charge on any atom is 0.275 e. The number of piperidine rings is 1. The molecule has 132 valence electrons. The number of amides is 1. The van der Waals surface area contributed by atoms with Gasteiger partial charge in [0.15, 0.2) is 12.1 Å². The predicted octanol–water partition coefficient (Wildman–Crippen LogP) is 1.63. The number of aliphatic hydroxyl groups is 1. The summed E-state index contributed by atoms with van der Waals surface area (Å²) in [6.07, 6.45) is 3.57. The number of rotatable bonds is 4. The number of hydrogen-bond donors (Lipinski definition) is 1. The standard InChI is InChI=1S/C19H23N3O3/c23-13-19-11-21(8-15-4-2-1-3-5-15)9-16(19)6-7-22(12-19)18(24)17-10-25-14-20-17/h1-5,10,14,16,23H,6-9,11-13H2. The van der Waals surface area contributed by atoms with Crippen molar-refractivity contribution < 1.29 is 14.3 Å². The van der Waals surface area contributed by atoms with E-state index in [1.54, 1.807) is 0 Å². The summed E-state index contributed by atoms with van der Waals surface area (Å²) in [5.41, 5.74) is 1.38. The van der Waals surface area contributed by atoms with Crippen molar-refractivity contribution in [3.63, 3.8) is 0 Å². The molecule has 1 N–H and O–H groups in total. The number of aromatic nitrogens is 1. The normalized spacial score (nSPS) is 26.6. The smallest absolute Gasteiger partial charge is 0.275 e. The molecule has 2 saturated heterocycles. The molecule has 4 rings (SSSR count). The van der Waals surface area contributed by atoms with Gasteiger partial charge in [-0.1, -0.05) is 30.3 Å². The van der Waals surface area contributed by atoms with Crippen LogP contribution >= 0.6 is 0 Å². The highest BCUT2D eigenvalue weighted by Gasteiger charge is 2.50. The molecule has 0 saturated carbocycles. The maximum atomic E-state index is 12.6. The number of fused-ring (bicyclic) bond motifs is 1. The lowest BCUT2D eigenvalue weighted by Crippen LogP contribution is -2.52. The first-order valence-electron chi connectivity index (χ1n) is 8.75. The van der Waals surface area contributed by atoms with Crippen LogP contribution in [-0.4, -0.2) is 58.6 Å². The van der Waals surface area contributed by atoms with E-state index in [1.807, 2.05) is 11.0 Å². The largest absolute Gasteiger partial charge is 0.451 e. The number of carbonyl (C=O) groups is 1. The average Bonchev–Trinajstić information content (AvgIpc) is 3.29. The second-order valence-electron chi connectivity index (χ2n) is 7.26. The molecular formula is C19H23N3O3. The zero-order valence-electron chi connectivity index (χ0n) is 14.2. The van der Waals surface area contributed by atoms with E-state index in [0.717, 1.165) is 26.1 Å². The average molecular weight is 341 g/mol. The summed E-state index contributed by atoms with van der Waals surface area (Å²) in [6, 6.07) is 10.4. The molecule has 0 radical (unpaired) electrons. The van der Waals surface area contributed by atoms with Crippen LogP contribution in [0.4, 0.5) is 0 Å². The topological polar surface area (TPSA) is 69.8 Å². The first-order valence-corrected chi connectivity index (χ1v) is 8.75. The van der Waals surface area contributed by atoms with E-state index in [2.05, 4.69) is 34.1 Å². The number of oxazole rings is 1. The van der Waals surface area contributed by atoms with E-state index in [-0.39, 0.29) is 17.9 Å². The molecule has 1 amide bonds. The van der Waals surface area contributed by atoms with Crippen LogP contribution < -0.4 is 0 Å².